The molecular weight excluding hydrogens is 363 g/mol. The Kier molecular flexibility index (Phi) is 3.98. The van der Waals surface area contributed by atoms with Gasteiger partial charge >= 0.3 is 0 Å². The molecular formula is C21H26BrP. The molecule has 0 fully saturated rings. The van der Waals surface area contributed by atoms with Crippen LogP contribution in [0.5, 0.6) is 0 Å². The first-order valence-electron chi connectivity index (χ1n) is 8.24. The van der Waals surface area contributed by atoms with Crippen molar-refractivity contribution in [3.63, 3.8) is 0 Å². The molecule has 2 heteroatoms. The van der Waals surface area contributed by atoms with Crippen LogP contribution in [0, 0.1) is 0 Å². The minimum atomic E-state index is -1.62. The Morgan fingerprint density at radius 2 is 0.913 bits per heavy atom. The smallest absolute Gasteiger partial charge is 0.00110 e. The minimum absolute atomic E-state index is 0.186. The van der Waals surface area contributed by atoms with Crippen molar-refractivity contribution in [3.05, 3.63) is 59.7 Å². The zero-order valence-electron chi connectivity index (χ0n) is 14.9. The molecule has 0 nitrogen and oxygen atoms in total. The van der Waals surface area contributed by atoms with E-state index in [0.717, 1.165) is 0 Å². The first kappa shape index (κ1) is 17.1. The van der Waals surface area contributed by atoms with Crippen LogP contribution in [0.1, 0.15) is 52.7 Å². The molecule has 1 aliphatic carbocycles. The lowest BCUT2D eigenvalue weighted by atomic mass is 10.1. The maximum atomic E-state index is 4.37. The topological polar surface area (TPSA) is 0 Å². The predicted molar refractivity (Wildman–Crippen MR) is 110 cm³/mol. The van der Waals surface area contributed by atoms with Crippen LogP contribution >= 0.6 is 21.1 Å². The molecule has 0 spiro atoms. The number of fused-ring (bicyclic) bond motifs is 3. The van der Waals surface area contributed by atoms with E-state index in [1.54, 1.807) is 5.29 Å². The van der Waals surface area contributed by atoms with Crippen LogP contribution in [-0.4, -0.2) is 15.6 Å². The highest BCUT2D eigenvalue weighted by atomic mass is 79.9. The Morgan fingerprint density at radius 3 is 1.22 bits per heavy atom. The predicted octanol–water partition coefficient (Wildman–Crippen LogP) is 7.16. The Hall–Kier alpha value is -0.780. The van der Waals surface area contributed by atoms with Gasteiger partial charge in [-0.3, -0.25) is 0 Å². The second kappa shape index (κ2) is 5.36. The average molecular weight is 389 g/mol. The van der Waals surface area contributed by atoms with Gasteiger partial charge in [-0.05, 0) is 43.4 Å². The Morgan fingerprint density at radius 1 is 0.609 bits per heavy atom. The molecule has 2 aromatic rings. The van der Waals surface area contributed by atoms with E-state index in [0.29, 0.717) is 0 Å². The van der Waals surface area contributed by atoms with Crippen molar-refractivity contribution in [2.75, 3.05) is 0 Å². The van der Waals surface area contributed by atoms with Crippen LogP contribution in [0.4, 0.5) is 0 Å². The molecule has 0 N–H and O–H groups in total. The lowest BCUT2D eigenvalue weighted by Gasteiger charge is -2.46. The van der Waals surface area contributed by atoms with Gasteiger partial charge in [0.15, 0.2) is 0 Å². The van der Waals surface area contributed by atoms with Crippen LogP contribution < -0.4 is 0 Å². The molecule has 2 aromatic carbocycles. The lowest BCUT2D eigenvalue weighted by molar-refractivity contribution is 0.717. The van der Waals surface area contributed by atoms with E-state index in [-0.39, 0.29) is 10.3 Å². The number of halogens is 1. The van der Waals surface area contributed by atoms with Crippen molar-refractivity contribution >= 4 is 26.4 Å². The van der Waals surface area contributed by atoms with Crippen molar-refractivity contribution in [2.24, 2.45) is 0 Å². The molecule has 23 heavy (non-hydrogen) atoms. The summed E-state index contributed by atoms with van der Waals surface area (Å²) in [5, 5.41) is 1.92. The number of hydrogen-bond acceptors (Lipinski definition) is 0. The van der Waals surface area contributed by atoms with Crippen LogP contribution in [0.2, 0.25) is 0 Å². The quantitative estimate of drug-likeness (QED) is 0.358. The van der Waals surface area contributed by atoms with Crippen molar-refractivity contribution in [1.29, 1.82) is 0 Å². The van der Waals surface area contributed by atoms with Gasteiger partial charge < -0.3 is 0 Å². The monoisotopic (exact) mass is 388 g/mol. The summed E-state index contributed by atoms with van der Waals surface area (Å²) in [5.41, 5.74) is 3.99. The summed E-state index contributed by atoms with van der Waals surface area (Å²) in [6, 6.07) is 17.8. The zero-order chi connectivity index (χ0) is 17.0. The number of hydrogen-bond donors (Lipinski definition) is 0. The first-order valence-corrected chi connectivity index (χ1v) is 12.1. The summed E-state index contributed by atoms with van der Waals surface area (Å²) < 4.78 is 0. The largest absolute Gasteiger partial charge is 0.0616 e. The van der Waals surface area contributed by atoms with E-state index in [1.165, 1.54) is 22.3 Å². The van der Waals surface area contributed by atoms with Crippen molar-refractivity contribution < 1.29 is 0 Å². The van der Waals surface area contributed by atoms with Crippen molar-refractivity contribution in [1.82, 2.24) is 0 Å². The maximum absolute atomic E-state index is 4.37. The molecule has 0 radical (unpaired) electrons. The van der Waals surface area contributed by atoms with Crippen molar-refractivity contribution in [2.45, 2.75) is 51.9 Å². The van der Waals surface area contributed by atoms with E-state index in [4.69, 9.17) is 0 Å². The normalized spacial score (nSPS) is 14.7. The van der Waals surface area contributed by atoms with Gasteiger partial charge in [0.1, 0.15) is 0 Å². The molecule has 0 aliphatic heterocycles. The molecule has 0 aromatic heterocycles. The third-order valence-corrected chi connectivity index (χ3v) is 17.1. The molecule has 0 saturated carbocycles. The lowest BCUT2D eigenvalue weighted by Crippen LogP contribution is -2.29. The number of benzene rings is 2. The van der Waals surface area contributed by atoms with E-state index >= 15 is 0 Å². The summed E-state index contributed by atoms with van der Waals surface area (Å²) in [5.74, 6) is 0. The highest BCUT2D eigenvalue weighted by Gasteiger charge is 2.45. The Labute approximate surface area is 149 Å². The Balaban J connectivity index is 2.56. The van der Waals surface area contributed by atoms with Gasteiger partial charge in [-0.1, -0.05) is 106 Å². The van der Waals surface area contributed by atoms with Gasteiger partial charge in [0.25, 0.3) is 0 Å². The number of rotatable bonds is 0. The zero-order valence-corrected chi connectivity index (χ0v) is 17.4. The van der Waals surface area contributed by atoms with Gasteiger partial charge in [-0.2, -0.15) is 0 Å². The van der Waals surface area contributed by atoms with E-state index < -0.39 is 5.59 Å². The standard InChI is InChI=1S/C21H26BrP/c1-20(2,3)23(22,21(4,5)6)19-17-13-9-7-11-15(17)16-12-8-10-14-18(16)19/h7-14H,1-6H3. The van der Waals surface area contributed by atoms with Crippen molar-refractivity contribution in [3.8, 4) is 11.1 Å². The first-order chi connectivity index (χ1) is 10.6. The summed E-state index contributed by atoms with van der Waals surface area (Å²) in [7, 11) is 0. The molecule has 0 saturated heterocycles. The van der Waals surface area contributed by atoms with E-state index in [9.17, 15) is 0 Å². The van der Waals surface area contributed by atoms with E-state index in [1.807, 2.05) is 0 Å². The molecule has 3 rings (SSSR count). The highest BCUT2D eigenvalue weighted by Crippen LogP contribution is 2.76. The van der Waals surface area contributed by atoms with Crippen LogP contribution in [0.15, 0.2) is 48.5 Å². The summed E-state index contributed by atoms with van der Waals surface area (Å²) in [4.78, 5) is 0. The van der Waals surface area contributed by atoms with Crippen LogP contribution in [0.25, 0.3) is 11.1 Å². The molecule has 0 atom stereocenters. The fraction of sp³-hybridized carbons (Fsp3) is 0.381. The third kappa shape index (κ3) is 2.39. The van der Waals surface area contributed by atoms with E-state index in [2.05, 4.69) is 106 Å². The Bertz CT molecular complexity index is 751. The molecule has 0 unspecified atom stereocenters. The summed E-state index contributed by atoms with van der Waals surface area (Å²) in [6.45, 7) is 14.3. The van der Waals surface area contributed by atoms with Gasteiger partial charge in [0.2, 0.25) is 0 Å². The molecule has 0 heterocycles. The second-order valence-electron chi connectivity index (χ2n) is 8.37. The van der Waals surface area contributed by atoms with Gasteiger partial charge in [-0.25, -0.2) is 0 Å². The molecule has 0 bridgehead atoms. The minimum Gasteiger partial charge on any atom is -0.0616 e. The summed E-state index contributed by atoms with van der Waals surface area (Å²) >= 11 is 4.37. The van der Waals surface area contributed by atoms with Gasteiger partial charge in [0.05, 0.1) is 0 Å². The summed E-state index contributed by atoms with van der Waals surface area (Å²) in [6.07, 6.45) is 0. The van der Waals surface area contributed by atoms with Gasteiger partial charge in [0, 0.05) is 0 Å². The fourth-order valence-electron chi connectivity index (χ4n) is 4.00. The average Bonchev–Trinajstić information content (AvgIpc) is 2.79. The van der Waals surface area contributed by atoms with Crippen LogP contribution in [-0.2, 0) is 0 Å². The molecule has 122 valence electrons. The maximum Gasteiger partial charge on any atom is -0.00110 e. The van der Waals surface area contributed by atoms with Crippen LogP contribution in [0.3, 0.4) is 0 Å². The molecule has 1 aliphatic rings. The second-order valence-corrected chi connectivity index (χ2v) is 15.9. The van der Waals surface area contributed by atoms with Gasteiger partial charge in [-0.15, -0.1) is 0 Å². The molecule has 0 amide bonds. The fourth-order valence-corrected chi connectivity index (χ4v) is 9.56. The highest BCUT2D eigenvalue weighted by molar-refractivity contribution is 9.42. The third-order valence-electron chi connectivity index (χ3n) is 4.81. The SMILES string of the molecule is CC(C)(C)P(Br)(=C1c2ccccc2-c2ccccc21)C(C)(C)C.